The van der Waals surface area contributed by atoms with Gasteiger partial charge in [0.05, 0.1) is 14.2 Å². The van der Waals surface area contributed by atoms with Crippen LogP contribution in [-0.2, 0) is 16.1 Å². The Morgan fingerprint density at radius 1 is 0.966 bits per heavy atom. The Hall–Kier alpha value is -3.02. The van der Waals surface area contributed by atoms with Crippen molar-refractivity contribution in [2.24, 2.45) is 0 Å². The summed E-state index contributed by atoms with van der Waals surface area (Å²) in [6, 6.07) is 15.3. The third-order valence-electron chi connectivity index (χ3n) is 4.75. The first kappa shape index (κ1) is 22.3. The van der Waals surface area contributed by atoms with Crippen molar-refractivity contribution >= 4 is 17.5 Å². The van der Waals surface area contributed by atoms with E-state index in [1.807, 2.05) is 49.1 Å². The summed E-state index contributed by atoms with van der Waals surface area (Å²) in [7, 11) is 3.11. The van der Waals surface area contributed by atoms with Gasteiger partial charge in [0, 0.05) is 44.2 Å². The third-order valence-corrected chi connectivity index (χ3v) is 4.75. The lowest BCUT2D eigenvalue weighted by Gasteiger charge is -2.29. The molecule has 0 spiro atoms. The molecule has 0 aliphatic carbocycles. The number of hydrogen-bond acceptors (Lipinski definition) is 4. The lowest BCUT2D eigenvalue weighted by molar-refractivity contribution is -0.133. The molecule has 0 saturated carbocycles. The SMILES string of the molecule is COc1ccc(N(CCC(=O)N(Cc2ccccc2)C(C)C)C(C)=O)cc1OC. The molecule has 0 saturated heterocycles. The molecule has 6 nitrogen and oxygen atoms in total. The van der Waals surface area contributed by atoms with Gasteiger partial charge in [0.1, 0.15) is 0 Å². The fourth-order valence-electron chi connectivity index (χ4n) is 3.15. The van der Waals surface area contributed by atoms with Gasteiger partial charge in [-0.3, -0.25) is 9.59 Å². The summed E-state index contributed by atoms with van der Waals surface area (Å²) in [5, 5.41) is 0. The maximum Gasteiger partial charge on any atom is 0.224 e. The number of benzene rings is 2. The van der Waals surface area contributed by atoms with Gasteiger partial charge in [0.15, 0.2) is 11.5 Å². The third kappa shape index (κ3) is 5.98. The van der Waals surface area contributed by atoms with Crippen molar-refractivity contribution in [3.63, 3.8) is 0 Å². The van der Waals surface area contributed by atoms with Gasteiger partial charge >= 0.3 is 0 Å². The molecule has 0 aliphatic rings. The molecule has 6 heteroatoms. The monoisotopic (exact) mass is 398 g/mol. The highest BCUT2D eigenvalue weighted by atomic mass is 16.5. The molecule has 2 aromatic carbocycles. The van der Waals surface area contributed by atoms with E-state index in [1.165, 1.54) is 6.92 Å². The van der Waals surface area contributed by atoms with Crippen LogP contribution in [0.3, 0.4) is 0 Å². The molecule has 2 amide bonds. The molecule has 156 valence electrons. The van der Waals surface area contributed by atoms with E-state index in [9.17, 15) is 9.59 Å². The van der Waals surface area contributed by atoms with E-state index < -0.39 is 0 Å². The van der Waals surface area contributed by atoms with Crippen molar-refractivity contribution in [3.05, 3.63) is 54.1 Å². The number of carbonyl (C=O) groups excluding carboxylic acids is 2. The molecule has 0 bridgehead atoms. The van der Waals surface area contributed by atoms with Gasteiger partial charge in [-0.2, -0.15) is 0 Å². The van der Waals surface area contributed by atoms with Crippen LogP contribution in [-0.4, -0.2) is 43.5 Å². The number of hydrogen-bond donors (Lipinski definition) is 0. The summed E-state index contributed by atoms with van der Waals surface area (Å²) in [5.41, 5.74) is 1.75. The van der Waals surface area contributed by atoms with E-state index in [2.05, 4.69) is 0 Å². The predicted octanol–water partition coefficient (Wildman–Crippen LogP) is 3.88. The Bertz CT molecular complexity index is 821. The number of rotatable bonds is 9. The highest BCUT2D eigenvalue weighted by Gasteiger charge is 2.20. The zero-order chi connectivity index (χ0) is 21.4. The van der Waals surface area contributed by atoms with E-state index in [0.717, 1.165) is 5.56 Å². The number of nitrogens with zero attached hydrogens (tertiary/aromatic N) is 2. The number of carbonyl (C=O) groups is 2. The van der Waals surface area contributed by atoms with E-state index >= 15 is 0 Å². The Labute approximate surface area is 173 Å². The molecule has 29 heavy (non-hydrogen) atoms. The van der Waals surface area contributed by atoms with Crippen LogP contribution in [0.1, 0.15) is 32.8 Å². The Morgan fingerprint density at radius 2 is 1.62 bits per heavy atom. The largest absolute Gasteiger partial charge is 0.493 e. The molecular formula is C23H30N2O4. The van der Waals surface area contributed by atoms with Crippen LogP contribution < -0.4 is 14.4 Å². The summed E-state index contributed by atoms with van der Waals surface area (Å²) in [6.45, 7) is 6.33. The minimum absolute atomic E-state index is 0.00980. The van der Waals surface area contributed by atoms with Crippen molar-refractivity contribution in [2.75, 3.05) is 25.7 Å². The van der Waals surface area contributed by atoms with Crippen LogP contribution in [0.4, 0.5) is 5.69 Å². The molecule has 0 fully saturated rings. The van der Waals surface area contributed by atoms with Gasteiger partial charge in [-0.25, -0.2) is 0 Å². The summed E-state index contributed by atoms with van der Waals surface area (Å²) in [5.74, 6) is 1.000. The van der Waals surface area contributed by atoms with Crippen LogP contribution in [0.25, 0.3) is 0 Å². The molecule has 2 aromatic rings. The maximum atomic E-state index is 12.9. The first-order valence-corrected chi connectivity index (χ1v) is 9.70. The average Bonchev–Trinajstić information content (AvgIpc) is 2.72. The molecule has 0 atom stereocenters. The summed E-state index contributed by atoms with van der Waals surface area (Å²) in [4.78, 5) is 28.6. The van der Waals surface area contributed by atoms with Crippen LogP contribution in [0.5, 0.6) is 11.5 Å². The van der Waals surface area contributed by atoms with Crippen molar-refractivity contribution in [2.45, 2.75) is 39.8 Å². The zero-order valence-corrected chi connectivity index (χ0v) is 17.8. The second kappa shape index (κ2) is 10.5. The lowest BCUT2D eigenvalue weighted by Crippen LogP contribution is -2.39. The first-order chi connectivity index (χ1) is 13.9. The molecule has 2 rings (SSSR count). The molecule has 0 aromatic heterocycles. The Kier molecular flexibility index (Phi) is 8.07. The van der Waals surface area contributed by atoms with E-state index in [4.69, 9.17) is 9.47 Å². The van der Waals surface area contributed by atoms with Gasteiger partial charge in [-0.05, 0) is 31.5 Å². The zero-order valence-electron chi connectivity index (χ0n) is 17.8. The minimum atomic E-state index is -0.135. The standard InChI is InChI=1S/C23H30N2O4/c1-17(2)25(16-19-9-7-6-8-10-19)23(27)13-14-24(18(3)26)20-11-12-21(28-4)22(15-20)29-5/h6-12,15,17H,13-14,16H2,1-5H3. The van der Waals surface area contributed by atoms with Gasteiger partial charge < -0.3 is 19.3 Å². The van der Waals surface area contributed by atoms with Crippen LogP contribution >= 0.6 is 0 Å². The van der Waals surface area contributed by atoms with E-state index in [0.29, 0.717) is 30.3 Å². The van der Waals surface area contributed by atoms with Gasteiger partial charge in [-0.15, -0.1) is 0 Å². The second-order valence-electron chi connectivity index (χ2n) is 7.06. The van der Waals surface area contributed by atoms with Crippen molar-refractivity contribution in [1.82, 2.24) is 4.90 Å². The van der Waals surface area contributed by atoms with E-state index in [-0.39, 0.29) is 24.3 Å². The lowest BCUT2D eigenvalue weighted by atomic mass is 10.1. The van der Waals surface area contributed by atoms with Gasteiger partial charge in [-0.1, -0.05) is 30.3 Å². The fraction of sp³-hybridized carbons (Fsp3) is 0.391. The smallest absolute Gasteiger partial charge is 0.224 e. The summed E-state index contributed by atoms with van der Waals surface area (Å²) in [6.07, 6.45) is 0.235. The normalized spacial score (nSPS) is 10.6. The van der Waals surface area contributed by atoms with Crippen LogP contribution in [0, 0.1) is 0 Å². The quantitative estimate of drug-likeness (QED) is 0.643. The van der Waals surface area contributed by atoms with E-state index in [1.54, 1.807) is 37.3 Å². The van der Waals surface area contributed by atoms with Crippen molar-refractivity contribution < 1.29 is 19.1 Å². The second-order valence-corrected chi connectivity index (χ2v) is 7.06. The molecule has 0 N–H and O–H groups in total. The van der Waals surface area contributed by atoms with Gasteiger partial charge in [0.2, 0.25) is 11.8 Å². The number of methoxy groups -OCH3 is 2. The highest BCUT2D eigenvalue weighted by molar-refractivity contribution is 5.92. The Balaban J connectivity index is 2.12. The summed E-state index contributed by atoms with van der Waals surface area (Å²) < 4.78 is 10.6. The molecular weight excluding hydrogens is 368 g/mol. The number of amides is 2. The first-order valence-electron chi connectivity index (χ1n) is 9.70. The Morgan fingerprint density at radius 3 is 2.17 bits per heavy atom. The van der Waals surface area contributed by atoms with Gasteiger partial charge in [0.25, 0.3) is 0 Å². The molecule has 0 unspecified atom stereocenters. The topological polar surface area (TPSA) is 59.1 Å². The minimum Gasteiger partial charge on any atom is -0.493 e. The predicted molar refractivity (Wildman–Crippen MR) is 114 cm³/mol. The van der Waals surface area contributed by atoms with Crippen LogP contribution in [0.15, 0.2) is 48.5 Å². The number of anilines is 1. The molecule has 0 heterocycles. The molecule has 0 radical (unpaired) electrons. The fourth-order valence-corrected chi connectivity index (χ4v) is 3.15. The van der Waals surface area contributed by atoms with Crippen molar-refractivity contribution in [3.8, 4) is 11.5 Å². The molecule has 0 aliphatic heterocycles. The van der Waals surface area contributed by atoms with Crippen molar-refractivity contribution in [1.29, 1.82) is 0 Å². The summed E-state index contributed by atoms with van der Waals surface area (Å²) >= 11 is 0. The average molecular weight is 399 g/mol. The highest BCUT2D eigenvalue weighted by Crippen LogP contribution is 2.31. The van der Waals surface area contributed by atoms with Crippen LogP contribution in [0.2, 0.25) is 0 Å². The maximum absolute atomic E-state index is 12.9. The number of ether oxygens (including phenoxy) is 2.